The Morgan fingerprint density at radius 2 is 2.10 bits per heavy atom. The molecule has 2 aromatic heterocycles. The molecule has 0 bridgehead atoms. The van der Waals surface area contributed by atoms with Crippen LogP contribution in [0, 0.1) is 0 Å². The maximum atomic E-state index is 12.4. The van der Waals surface area contributed by atoms with Crippen molar-refractivity contribution in [1.82, 2.24) is 19.1 Å². The Morgan fingerprint density at radius 1 is 1.25 bits per heavy atom. The lowest BCUT2D eigenvalue weighted by atomic mass is 10.2. The fourth-order valence-electron chi connectivity index (χ4n) is 2.21. The summed E-state index contributed by atoms with van der Waals surface area (Å²) in [5, 5.41) is 1.02. The van der Waals surface area contributed by atoms with Crippen LogP contribution >= 0.6 is 11.6 Å². The summed E-state index contributed by atoms with van der Waals surface area (Å²) in [6.07, 6.45) is 5.05. The van der Waals surface area contributed by atoms with Gasteiger partial charge in [-0.2, -0.15) is 0 Å². The fourth-order valence-corrected chi connectivity index (χ4v) is 2.43. The largest absolute Gasteiger partial charge is 0.333 e. The van der Waals surface area contributed by atoms with Crippen LogP contribution in [-0.2, 0) is 13.1 Å². The van der Waals surface area contributed by atoms with E-state index in [9.17, 15) is 4.79 Å². The number of para-hydroxylation sites is 1. The number of aryl methyl sites for hydroxylation is 1. The van der Waals surface area contributed by atoms with E-state index in [0.29, 0.717) is 22.5 Å². The SMILES string of the molecule is CCn1cncc1Cn1cnc2c(Cl)cccc2c1=O. The van der Waals surface area contributed by atoms with E-state index in [1.54, 1.807) is 35.3 Å². The van der Waals surface area contributed by atoms with E-state index in [4.69, 9.17) is 11.6 Å². The van der Waals surface area contributed by atoms with Crippen LogP contribution in [0.5, 0.6) is 0 Å². The second-order valence-corrected chi connectivity index (χ2v) is 4.89. The Morgan fingerprint density at radius 3 is 2.90 bits per heavy atom. The number of aromatic nitrogens is 4. The summed E-state index contributed by atoms with van der Waals surface area (Å²) in [6.45, 7) is 3.30. The van der Waals surface area contributed by atoms with Crippen LogP contribution in [0.2, 0.25) is 5.02 Å². The molecule has 0 aliphatic rings. The molecule has 0 radical (unpaired) electrons. The number of imidazole rings is 1. The Kier molecular flexibility index (Phi) is 3.28. The summed E-state index contributed by atoms with van der Waals surface area (Å²) < 4.78 is 3.57. The molecule has 0 amide bonds. The molecule has 0 N–H and O–H groups in total. The van der Waals surface area contributed by atoms with Gasteiger partial charge in [-0.05, 0) is 19.1 Å². The normalized spacial score (nSPS) is 11.1. The number of halogens is 1. The van der Waals surface area contributed by atoms with Crippen molar-refractivity contribution in [3.05, 3.63) is 58.1 Å². The van der Waals surface area contributed by atoms with Crippen molar-refractivity contribution in [2.75, 3.05) is 0 Å². The molecule has 0 saturated heterocycles. The average molecular weight is 289 g/mol. The zero-order chi connectivity index (χ0) is 14.1. The van der Waals surface area contributed by atoms with Crippen LogP contribution in [-0.4, -0.2) is 19.1 Å². The minimum atomic E-state index is -0.0960. The fraction of sp³-hybridized carbons (Fsp3) is 0.214. The molecule has 0 spiro atoms. The van der Waals surface area contributed by atoms with Crippen molar-refractivity contribution in [1.29, 1.82) is 0 Å². The average Bonchev–Trinajstić information content (AvgIpc) is 2.90. The third kappa shape index (κ3) is 2.10. The van der Waals surface area contributed by atoms with Gasteiger partial charge < -0.3 is 4.57 Å². The third-order valence-corrected chi connectivity index (χ3v) is 3.58. The van der Waals surface area contributed by atoms with E-state index in [1.165, 1.54) is 6.33 Å². The van der Waals surface area contributed by atoms with Gasteiger partial charge in [-0.3, -0.25) is 9.36 Å². The molecule has 5 nitrogen and oxygen atoms in total. The molecule has 6 heteroatoms. The first-order chi connectivity index (χ1) is 9.70. The maximum Gasteiger partial charge on any atom is 0.261 e. The van der Waals surface area contributed by atoms with Crippen molar-refractivity contribution in [3.8, 4) is 0 Å². The molecule has 0 atom stereocenters. The molecule has 102 valence electrons. The van der Waals surface area contributed by atoms with E-state index in [2.05, 4.69) is 9.97 Å². The van der Waals surface area contributed by atoms with E-state index in [0.717, 1.165) is 12.2 Å². The van der Waals surface area contributed by atoms with Crippen LogP contribution in [0.3, 0.4) is 0 Å². The van der Waals surface area contributed by atoms with Crippen LogP contribution in [0.25, 0.3) is 10.9 Å². The van der Waals surface area contributed by atoms with Crippen LogP contribution in [0.15, 0.2) is 41.8 Å². The van der Waals surface area contributed by atoms with Crippen LogP contribution < -0.4 is 5.56 Å². The molecule has 1 aromatic carbocycles. The zero-order valence-electron chi connectivity index (χ0n) is 11.0. The lowest BCUT2D eigenvalue weighted by Gasteiger charge is -2.08. The molecule has 0 fully saturated rings. The van der Waals surface area contributed by atoms with Gasteiger partial charge in [-0.1, -0.05) is 17.7 Å². The van der Waals surface area contributed by atoms with Gasteiger partial charge in [0.1, 0.15) is 0 Å². The van der Waals surface area contributed by atoms with Gasteiger partial charge in [0, 0.05) is 12.7 Å². The molecule has 0 unspecified atom stereocenters. The van der Waals surface area contributed by atoms with Gasteiger partial charge in [0.2, 0.25) is 0 Å². The van der Waals surface area contributed by atoms with Crippen LogP contribution in [0.4, 0.5) is 0 Å². The van der Waals surface area contributed by atoms with E-state index in [-0.39, 0.29) is 5.56 Å². The van der Waals surface area contributed by atoms with Crippen molar-refractivity contribution in [2.45, 2.75) is 20.0 Å². The Bertz CT molecular complexity index is 821. The number of benzene rings is 1. The summed E-state index contributed by atoms with van der Waals surface area (Å²) in [4.78, 5) is 20.8. The minimum absolute atomic E-state index is 0.0960. The zero-order valence-corrected chi connectivity index (χ0v) is 11.7. The molecule has 3 rings (SSSR count). The van der Waals surface area contributed by atoms with Gasteiger partial charge >= 0.3 is 0 Å². The Hall–Kier alpha value is -2.14. The van der Waals surface area contributed by atoms with Gasteiger partial charge in [-0.25, -0.2) is 9.97 Å². The third-order valence-electron chi connectivity index (χ3n) is 3.28. The number of hydrogen-bond donors (Lipinski definition) is 0. The highest BCUT2D eigenvalue weighted by Crippen LogP contribution is 2.17. The number of rotatable bonds is 3. The lowest BCUT2D eigenvalue weighted by Crippen LogP contribution is -2.22. The summed E-state index contributed by atoms with van der Waals surface area (Å²) in [7, 11) is 0. The molecule has 0 aliphatic carbocycles. The van der Waals surface area contributed by atoms with Crippen LogP contribution in [0.1, 0.15) is 12.6 Å². The van der Waals surface area contributed by atoms with E-state index < -0.39 is 0 Å². The highest BCUT2D eigenvalue weighted by molar-refractivity contribution is 6.34. The highest BCUT2D eigenvalue weighted by atomic mass is 35.5. The molecule has 0 aliphatic heterocycles. The van der Waals surface area contributed by atoms with E-state index >= 15 is 0 Å². The van der Waals surface area contributed by atoms with Gasteiger partial charge in [0.25, 0.3) is 5.56 Å². The minimum Gasteiger partial charge on any atom is -0.333 e. The first-order valence-corrected chi connectivity index (χ1v) is 6.71. The van der Waals surface area contributed by atoms with Crippen molar-refractivity contribution >= 4 is 22.5 Å². The molecule has 3 aromatic rings. The topological polar surface area (TPSA) is 52.7 Å². The number of hydrogen-bond acceptors (Lipinski definition) is 3. The molecule has 2 heterocycles. The van der Waals surface area contributed by atoms with Gasteiger partial charge in [0.15, 0.2) is 0 Å². The highest BCUT2D eigenvalue weighted by Gasteiger charge is 2.08. The Labute approximate surface area is 120 Å². The molecule has 20 heavy (non-hydrogen) atoms. The lowest BCUT2D eigenvalue weighted by molar-refractivity contribution is 0.652. The summed E-state index contributed by atoms with van der Waals surface area (Å²) >= 11 is 6.05. The predicted molar refractivity (Wildman–Crippen MR) is 78.0 cm³/mol. The number of fused-ring (bicyclic) bond motifs is 1. The summed E-state index contributed by atoms with van der Waals surface area (Å²) in [5.74, 6) is 0. The monoisotopic (exact) mass is 288 g/mol. The first kappa shape index (κ1) is 12.9. The van der Waals surface area contributed by atoms with Crippen molar-refractivity contribution in [3.63, 3.8) is 0 Å². The first-order valence-electron chi connectivity index (χ1n) is 6.33. The second-order valence-electron chi connectivity index (χ2n) is 4.48. The van der Waals surface area contributed by atoms with E-state index in [1.807, 2.05) is 11.5 Å². The predicted octanol–water partition coefficient (Wildman–Crippen LogP) is 2.31. The summed E-state index contributed by atoms with van der Waals surface area (Å²) in [6, 6.07) is 5.23. The number of nitrogens with zero attached hydrogens (tertiary/aromatic N) is 4. The molecule has 0 saturated carbocycles. The second kappa shape index (κ2) is 5.09. The standard InChI is InChI=1S/C14H13ClN4O/c1-2-18-8-16-6-10(18)7-19-9-17-13-11(14(19)20)4-3-5-12(13)15/h3-6,8-9H,2,7H2,1H3. The molecular weight excluding hydrogens is 276 g/mol. The van der Waals surface area contributed by atoms with Crippen molar-refractivity contribution in [2.24, 2.45) is 0 Å². The van der Waals surface area contributed by atoms with Gasteiger partial charge in [-0.15, -0.1) is 0 Å². The quantitative estimate of drug-likeness (QED) is 0.743. The van der Waals surface area contributed by atoms with Crippen molar-refractivity contribution < 1.29 is 0 Å². The maximum absolute atomic E-state index is 12.4. The molecular formula is C14H13ClN4O. The van der Waals surface area contributed by atoms with Gasteiger partial charge in [0.05, 0.1) is 40.8 Å². The summed E-state index contributed by atoms with van der Waals surface area (Å²) in [5.41, 5.74) is 1.42. The Balaban J connectivity index is 2.10. The smallest absolute Gasteiger partial charge is 0.261 e.